The summed E-state index contributed by atoms with van der Waals surface area (Å²) in [7, 11) is -4.22. The summed E-state index contributed by atoms with van der Waals surface area (Å²) in [6, 6.07) is 0. The van der Waals surface area contributed by atoms with Crippen molar-refractivity contribution in [1.82, 2.24) is 0 Å². The Morgan fingerprint density at radius 3 is 2.11 bits per heavy atom. The normalized spacial score (nSPS) is 14.9. The first-order valence-electron chi connectivity index (χ1n) is 2.04. The molecule has 0 unspecified atom stereocenters. The van der Waals surface area contributed by atoms with Crippen LogP contribution < -0.4 is 0 Å². The molecule has 0 rings (SSSR count). The van der Waals surface area contributed by atoms with Crippen LogP contribution in [-0.2, 0) is 14.9 Å². The maximum atomic E-state index is 9.84. The lowest BCUT2D eigenvalue weighted by molar-refractivity contribution is -0.113. The highest BCUT2D eigenvalue weighted by atomic mass is 32.2. The second-order valence-corrected chi connectivity index (χ2v) is 2.95. The molecule has 0 saturated carbocycles. The van der Waals surface area contributed by atoms with Crippen molar-refractivity contribution in [1.29, 1.82) is 0 Å². The zero-order chi connectivity index (χ0) is 7.49. The zero-order valence-electron chi connectivity index (χ0n) is 4.39. The third-order valence-corrected chi connectivity index (χ3v) is 1.30. The predicted octanol–water partition coefficient (Wildman–Crippen LogP) is -1.57. The van der Waals surface area contributed by atoms with E-state index >= 15 is 0 Å². The number of carbonyl (C=O) groups is 1. The highest BCUT2D eigenvalue weighted by Gasteiger charge is 2.11. The van der Waals surface area contributed by atoms with E-state index in [1.807, 2.05) is 0 Å². The van der Waals surface area contributed by atoms with Crippen LogP contribution in [0.5, 0.6) is 0 Å². The van der Waals surface area contributed by atoms with Crippen LogP contribution in [0.1, 0.15) is 0 Å². The molecule has 0 radical (unpaired) electrons. The Bertz CT molecular complexity index is 180. The van der Waals surface area contributed by atoms with E-state index in [4.69, 9.17) is 9.66 Å². The van der Waals surface area contributed by atoms with Crippen molar-refractivity contribution in [2.24, 2.45) is 0 Å². The van der Waals surface area contributed by atoms with Gasteiger partial charge in [-0.3, -0.25) is 4.55 Å². The Morgan fingerprint density at radius 1 is 1.56 bits per heavy atom. The summed E-state index contributed by atoms with van der Waals surface area (Å²) in [5, 5.41) is 8.29. The number of rotatable bonds is 3. The molecule has 9 heavy (non-hydrogen) atoms. The van der Waals surface area contributed by atoms with Crippen LogP contribution >= 0.6 is 0 Å². The van der Waals surface area contributed by atoms with E-state index in [-0.39, 0.29) is 6.29 Å². The van der Waals surface area contributed by atoms with Gasteiger partial charge < -0.3 is 9.90 Å². The smallest absolute Gasteiger partial charge is 0.267 e. The van der Waals surface area contributed by atoms with Gasteiger partial charge in [-0.2, -0.15) is 8.42 Å². The molecule has 0 aliphatic rings. The molecular formula is C3H6O5S. The highest BCUT2D eigenvalue weighted by Crippen LogP contribution is 1.85. The first-order chi connectivity index (χ1) is 3.95. The highest BCUT2D eigenvalue weighted by molar-refractivity contribution is 7.85. The van der Waals surface area contributed by atoms with Crippen molar-refractivity contribution in [3.63, 3.8) is 0 Å². The van der Waals surface area contributed by atoms with Gasteiger partial charge in [0.05, 0.1) is 0 Å². The molecule has 0 fully saturated rings. The van der Waals surface area contributed by atoms with Gasteiger partial charge in [0.25, 0.3) is 10.1 Å². The minimum absolute atomic E-state index is 0.0355. The Morgan fingerprint density at radius 2 is 2.00 bits per heavy atom. The standard InChI is InChI=1S/C3H6O5S/c4-1-3(5)2-9(6,7)8/h1,3,5H,2H2,(H,6,7,8)/t3-/m0/s1. The van der Waals surface area contributed by atoms with E-state index in [1.54, 1.807) is 0 Å². The average Bonchev–Trinajstić information content (AvgIpc) is 1.62. The molecule has 0 heterocycles. The van der Waals surface area contributed by atoms with Crippen LogP contribution in [0.25, 0.3) is 0 Å². The Hall–Kier alpha value is -0.460. The Labute approximate surface area is 52.1 Å². The molecule has 0 bridgehead atoms. The monoisotopic (exact) mass is 154 g/mol. The van der Waals surface area contributed by atoms with Gasteiger partial charge in [0.1, 0.15) is 18.1 Å². The minimum Gasteiger partial charge on any atom is -0.384 e. The van der Waals surface area contributed by atoms with Gasteiger partial charge >= 0.3 is 0 Å². The maximum absolute atomic E-state index is 9.84. The van der Waals surface area contributed by atoms with E-state index in [9.17, 15) is 13.2 Å². The lowest BCUT2D eigenvalue weighted by Gasteiger charge is -1.96. The second-order valence-electron chi connectivity index (χ2n) is 1.45. The van der Waals surface area contributed by atoms with Gasteiger partial charge in [0, 0.05) is 0 Å². The molecule has 2 N–H and O–H groups in total. The summed E-state index contributed by atoms with van der Waals surface area (Å²) < 4.78 is 27.6. The quantitative estimate of drug-likeness (QED) is 0.378. The summed E-state index contributed by atoms with van der Waals surface area (Å²) in [5.41, 5.74) is 0. The third kappa shape index (κ3) is 5.41. The Kier molecular flexibility index (Phi) is 2.75. The first-order valence-corrected chi connectivity index (χ1v) is 3.65. The Balaban J connectivity index is 3.89. The van der Waals surface area contributed by atoms with Crippen molar-refractivity contribution in [3.8, 4) is 0 Å². The van der Waals surface area contributed by atoms with Gasteiger partial charge in [-0.05, 0) is 0 Å². The molecule has 0 saturated heterocycles. The third-order valence-electron chi connectivity index (χ3n) is 0.538. The molecule has 0 amide bonds. The molecule has 0 aromatic rings. The van der Waals surface area contributed by atoms with E-state index in [1.165, 1.54) is 0 Å². The molecule has 54 valence electrons. The van der Waals surface area contributed by atoms with Gasteiger partial charge in [-0.15, -0.1) is 0 Å². The van der Waals surface area contributed by atoms with E-state index in [0.29, 0.717) is 0 Å². The number of aldehydes is 1. The molecule has 6 heteroatoms. The number of hydrogen-bond acceptors (Lipinski definition) is 4. The number of aliphatic hydroxyl groups is 1. The topological polar surface area (TPSA) is 91.7 Å². The largest absolute Gasteiger partial charge is 0.384 e. The van der Waals surface area contributed by atoms with Gasteiger partial charge in [0.2, 0.25) is 0 Å². The maximum Gasteiger partial charge on any atom is 0.267 e. The molecule has 1 atom stereocenters. The van der Waals surface area contributed by atoms with Crippen LogP contribution in [0, 0.1) is 0 Å². The fourth-order valence-electron chi connectivity index (χ4n) is 0.255. The summed E-state index contributed by atoms with van der Waals surface area (Å²) in [4.78, 5) is 9.56. The zero-order valence-corrected chi connectivity index (χ0v) is 5.21. The summed E-state index contributed by atoms with van der Waals surface area (Å²) in [5.74, 6) is -0.934. The molecule has 0 aliphatic carbocycles. The van der Waals surface area contributed by atoms with E-state index < -0.39 is 22.0 Å². The van der Waals surface area contributed by atoms with Crippen molar-refractivity contribution >= 4 is 16.4 Å². The van der Waals surface area contributed by atoms with Crippen LogP contribution in [0.4, 0.5) is 0 Å². The van der Waals surface area contributed by atoms with Crippen molar-refractivity contribution in [3.05, 3.63) is 0 Å². The summed E-state index contributed by atoms with van der Waals surface area (Å²) in [6.07, 6.45) is -1.59. The minimum atomic E-state index is -4.22. The van der Waals surface area contributed by atoms with Crippen molar-refractivity contribution < 1.29 is 22.9 Å². The SMILES string of the molecule is O=C[C@H](O)CS(=O)(=O)O. The molecule has 0 aromatic carbocycles. The molecular weight excluding hydrogens is 148 g/mol. The second kappa shape index (κ2) is 2.90. The predicted molar refractivity (Wildman–Crippen MR) is 28.5 cm³/mol. The summed E-state index contributed by atoms with van der Waals surface area (Å²) >= 11 is 0. The van der Waals surface area contributed by atoms with Crippen molar-refractivity contribution in [2.75, 3.05) is 5.75 Å². The van der Waals surface area contributed by atoms with Crippen LogP contribution in [-0.4, -0.2) is 36.2 Å². The first kappa shape index (κ1) is 8.54. The van der Waals surface area contributed by atoms with Gasteiger partial charge in [-0.1, -0.05) is 0 Å². The van der Waals surface area contributed by atoms with Gasteiger partial charge in [-0.25, -0.2) is 0 Å². The molecule has 5 nitrogen and oxygen atoms in total. The lowest BCUT2D eigenvalue weighted by Crippen LogP contribution is -2.20. The average molecular weight is 154 g/mol. The fourth-order valence-corrected chi connectivity index (χ4v) is 0.765. The van der Waals surface area contributed by atoms with E-state index in [2.05, 4.69) is 0 Å². The van der Waals surface area contributed by atoms with Crippen LogP contribution in [0.15, 0.2) is 0 Å². The number of aliphatic hydroxyl groups excluding tert-OH is 1. The van der Waals surface area contributed by atoms with Crippen LogP contribution in [0.3, 0.4) is 0 Å². The molecule has 0 aliphatic heterocycles. The number of hydrogen-bond donors (Lipinski definition) is 2. The molecule has 0 aromatic heterocycles. The van der Waals surface area contributed by atoms with Gasteiger partial charge in [0.15, 0.2) is 0 Å². The van der Waals surface area contributed by atoms with Crippen LogP contribution in [0.2, 0.25) is 0 Å². The summed E-state index contributed by atoms with van der Waals surface area (Å²) in [6.45, 7) is 0. The fraction of sp³-hybridized carbons (Fsp3) is 0.667. The van der Waals surface area contributed by atoms with E-state index in [0.717, 1.165) is 0 Å². The molecule has 0 spiro atoms. The van der Waals surface area contributed by atoms with Crippen molar-refractivity contribution in [2.45, 2.75) is 6.10 Å². The number of carbonyl (C=O) groups excluding carboxylic acids is 1. The lowest BCUT2D eigenvalue weighted by atomic mass is 10.5.